The van der Waals surface area contributed by atoms with Crippen molar-refractivity contribution in [2.24, 2.45) is 0 Å². The van der Waals surface area contributed by atoms with Gasteiger partial charge in [-0.3, -0.25) is 0 Å². The van der Waals surface area contributed by atoms with Crippen molar-refractivity contribution < 1.29 is 4.39 Å². The fourth-order valence-corrected chi connectivity index (χ4v) is 3.24. The van der Waals surface area contributed by atoms with Crippen LogP contribution in [0.4, 0.5) is 4.39 Å². The Balaban J connectivity index is 1.58. The number of para-hydroxylation sites is 1. The number of rotatable bonds is 5. The van der Waals surface area contributed by atoms with Crippen LogP contribution in [0.5, 0.6) is 0 Å². The maximum absolute atomic E-state index is 12.8. The molecule has 4 heteroatoms. The van der Waals surface area contributed by atoms with Crippen molar-refractivity contribution in [3.05, 3.63) is 64.9 Å². The van der Waals surface area contributed by atoms with Crippen LogP contribution in [0.15, 0.2) is 48.5 Å². The van der Waals surface area contributed by atoms with Crippen LogP contribution < -0.4 is 5.32 Å². The molecule has 1 aromatic heterocycles. The van der Waals surface area contributed by atoms with Crippen LogP contribution in [0.2, 0.25) is 0 Å². The first-order chi connectivity index (χ1) is 10.2. The van der Waals surface area contributed by atoms with E-state index in [1.165, 1.54) is 16.8 Å². The minimum Gasteiger partial charge on any atom is -0.308 e. The largest absolute Gasteiger partial charge is 0.308 e. The lowest BCUT2D eigenvalue weighted by Crippen LogP contribution is -2.21. The molecular formula is C17H17FN2S. The van der Waals surface area contributed by atoms with Crippen LogP contribution in [0.25, 0.3) is 10.2 Å². The van der Waals surface area contributed by atoms with E-state index in [-0.39, 0.29) is 11.9 Å². The van der Waals surface area contributed by atoms with Gasteiger partial charge in [0.2, 0.25) is 0 Å². The zero-order valence-electron chi connectivity index (χ0n) is 11.8. The Morgan fingerprint density at radius 2 is 1.90 bits per heavy atom. The Morgan fingerprint density at radius 1 is 1.14 bits per heavy atom. The molecular weight excluding hydrogens is 283 g/mol. The third kappa shape index (κ3) is 3.46. The maximum atomic E-state index is 12.8. The fourth-order valence-electron chi connectivity index (χ4n) is 2.25. The van der Waals surface area contributed by atoms with Crippen LogP contribution >= 0.6 is 11.3 Å². The molecule has 0 bridgehead atoms. The third-order valence-electron chi connectivity index (χ3n) is 3.46. The molecule has 21 heavy (non-hydrogen) atoms. The van der Waals surface area contributed by atoms with Gasteiger partial charge in [-0.05, 0) is 49.7 Å². The summed E-state index contributed by atoms with van der Waals surface area (Å²) >= 11 is 1.73. The molecule has 0 saturated carbocycles. The summed E-state index contributed by atoms with van der Waals surface area (Å²) in [5, 5.41) is 4.58. The lowest BCUT2D eigenvalue weighted by molar-refractivity contribution is 0.574. The molecule has 3 rings (SSSR count). The minimum absolute atomic E-state index is 0.186. The highest BCUT2D eigenvalue weighted by molar-refractivity contribution is 7.18. The fraction of sp³-hybridized carbons (Fsp3) is 0.235. The summed E-state index contributed by atoms with van der Waals surface area (Å²) < 4.78 is 14.1. The second-order valence-electron chi connectivity index (χ2n) is 5.07. The minimum atomic E-state index is -0.186. The summed E-state index contributed by atoms with van der Waals surface area (Å²) in [6.45, 7) is 2.98. The van der Waals surface area contributed by atoms with Crippen LogP contribution in [0.3, 0.4) is 0 Å². The Hall–Kier alpha value is -1.78. The summed E-state index contributed by atoms with van der Waals surface area (Å²) in [5.41, 5.74) is 2.20. The van der Waals surface area contributed by atoms with Crippen LogP contribution in [-0.2, 0) is 6.42 Å². The summed E-state index contributed by atoms with van der Waals surface area (Å²) in [5.74, 6) is -0.186. The molecule has 0 saturated heterocycles. The topological polar surface area (TPSA) is 24.9 Å². The molecule has 0 fully saturated rings. The van der Waals surface area contributed by atoms with E-state index in [1.54, 1.807) is 11.3 Å². The van der Waals surface area contributed by atoms with Gasteiger partial charge in [0.25, 0.3) is 0 Å². The highest BCUT2D eigenvalue weighted by Gasteiger charge is 2.10. The number of nitrogens with one attached hydrogen (secondary N) is 1. The molecule has 0 aliphatic rings. The predicted molar refractivity (Wildman–Crippen MR) is 86.1 cm³/mol. The summed E-state index contributed by atoms with van der Waals surface area (Å²) in [7, 11) is 0. The zero-order chi connectivity index (χ0) is 14.7. The molecule has 3 aromatic rings. The van der Waals surface area contributed by atoms with E-state index in [1.807, 2.05) is 30.3 Å². The van der Waals surface area contributed by atoms with Gasteiger partial charge >= 0.3 is 0 Å². The lowest BCUT2D eigenvalue weighted by Gasteiger charge is -2.10. The SMILES string of the molecule is CC(NCCc1ccc(F)cc1)c1nc2ccccc2s1. The van der Waals surface area contributed by atoms with Crippen LogP contribution in [-0.4, -0.2) is 11.5 Å². The van der Waals surface area contributed by atoms with E-state index in [4.69, 9.17) is 0 Å². The Bertz CT molecular complexity index is 688. The summed E-state index contributed by atoms with van der Waals surface area (Å²) in [6.07, 6.45) is 0.884. The van der Waals surface area contributed by atoms with Gasteiger partial charge in [-0.15, -0.1) is 11.3 Å². The Morgan fingerprint density at radius 3 is 2.67 bits per heavy atom. The monoisotopic (exact) mass is 300 g/mol. The highest BCUT2D eigenvalue weighted by Crippen LogP contribution is 2.25. The normalized spacial score (nSPS) is 12.7. The van der Waals surface area contributed by atoms with Gasteiger partial charge in [0, 0.05) is 0 Å². The average molecular weight is 300 g/mol. The first-order valence-electron chi connectivity index (χ1n) is 7.05. The average Bonchev–Trinajstić information content (AvgIpc) is 2.93. The number of hydrogen-bond acceptors (Lipinski definition) is 3. The summed E-state index contributed by atoms with van der Waals surface area (Å²) in [4.78, 5) is 4.66. The molecule has 0 aliphatic heterocycles. The molecule has 1 N–H and O–H groups in total. The highest BCUT2D eigenvalue weighted by atomic mass is 32.1. The van der Waals surface area contributed by atoms with Gasteiger partial charge in [-0.1, -0.05) is 24.3 Å². The van der Waals surface area contributed by atoms with E-state index < -0.39 is 0 Å². The van der Waals surface area contributed by atoms with Gasteiger partial charge in [0.15, 0.2) is 0 Å². The molecule has 2 nitrogen and oxygen atoms in total. The molecule has 1 unspecified atom stereocenters. The number of fused-ring (bicyclic) bond motifs is 1. The zero-order valence-corrected chi connectivity index (χ0v) is 12.7. The van der Waals surface area contributed by atoms with Crippen molar-refractivity contribution in [1.82, 2.24) is 10.3 Å². The van der Waals surface area contributed by atoms with E-state index in [2.05, 4.69) is 23.3 Å². The molecule has 108 valence electrons. The first-order valence-corrected chi connectivity index (χ1v) is 7.87. The van der Waals surface area contributed by atoms with E-state index >= 15 is 0 Å². The third-order valence-corrected chi connectivity index (χ3v) is 4.68. The standard InChI is InChI=1S/C17H17FN2S/c1-12(17-20-15-4-2-3-5-16(15)21-17)19-11-10-13-6-8-14(18)9-7-13/h2-9,12,19H,10-11H2,1H3. The molecule has 0 radical (unpaired) electrons. The number of hydrogen-bond donors (Lipinski definition) is 1. The molecule has 1 atom stereocenters. The van der Waals surface area contributed by atoms with Crippen LogP contribution in [0.1, 0.15) is 23.5 Å². The summed E-state index contributed by atoms with van der Waals surface area (Å²) in [6, 6.07) is 15.1. The quantitative estimate of drug-likeness (QED) is 0.758. The van der Waals surface area contributed by atoms with Gasteiger partial charge in [0.1, 0.15) is 10.8 Å². The molecule has 2 aromatic carbocycles. The van der Waals surface area contributed by atoms with Crippen molar-refractivity contribution in [2.75, 3.05) is 6.54 Å². The lowest BCUT2D eigenvalue weighted by atomic mass is 10.1. The smallest absolute Gasteiger partial charge is 0.123 e. The maximum Gasteiger partial charge on any atom is 0.123 e. The van der Waals surface area contributed by atoms with E-state index in [0.29, 0.717) is 0 Å². The number of thiazole rings is 1. The van der Waals surface area contributed by atoms with Crippen LogP contribution in [0, 0.1) is 5.82 Å². The van der Waals surface area contributed by atoms with Crippen molar-refractivity contribution in [1.29, 1.82) is 0 Å². The molecule has 0 aliphatic carbocycles. The second-order valence-corrected chi connectivity index (χ2v) is 6.13. The van der Waals surface area contributed by atoms with Gasteiger partial charge < -0.3 is 5.32 Å². The van der Waals surface area contributed by atoms with Gasteiger partial charge in [0.05, 0.1) is 16.3 Å². The molecule has 0 spiro atoms. The second kappa shape index (κ2) is 6.33. The molecule has 0 amide bonds. The Kier molecular flexibility index (Phi) is 4.27. The predicted octanol–water partition coefficient (Wildman–Crippen LogP) is 4.33. The van der Waals surface area contributed by atoms with Gasteiger partial charge in [-0.25, -0.2) is 9.37 Å². The van der Waals surface area contributed by atoms with Crippen molar-refractivity contribution in [2.45, 2.75) is 19.4 Å². The van der Waals surface area contributed by atoms with Crippen molar-refractivity contribution in [3.63, 3.8) is 0 Å². The number of nitrogens with zero attached hydrogens (tertiary/aromatic N) is 1. The van der Waals surface area contributed by atoms with Gasteiger partial charge in [-0.2, -0.15) is 0 Å². The number of aromatic nitrogens is 1. The number of benzene rings is 2. The molecule has 1 heterocycles. The van der Waals surface area contributed by atoms with E-state index in [0.717, 1.165) is 29.1 Å². The Labute approximate surface area is 127 Å². The first kappa shape index (κ1) is 14.2. The van der Waals surface area contributed by atoms with Crippen molar-refractivity contribution >= 4 is 21.6 Å². The van der Waals surface area contributed by atoms with E-state index in [9.17, 15) is 4.39 Å². The van der Waals surface area contributed by atoms with Crippen molar-refractivity contribution in [3.8, 4) is 0 Å². The number of halogens is 1.